The fourth-order valence-electron chi connectivity index (χ4n) is 2.27. The maximum atomic E-state index is 5.34. The van der Waals surface area contributed by atoms with Gasteiger partial charge in [0.2, 0.25) is 11.7 Å². The fraction of sp³-hybridized carbons (Fsp3) is 0.429. The predicted octanol–water partition coefficient (Wildman–Crippen LogP) is 1.53. The highest BCUT2D eigenvalue weighted by atomic mass is 16.5. The zero-order valence-electron chi connectivity index (χ0n) is 10.9. The highest BCUT2D eigenvalue weighted by molar-refractivity contribution is 5.53. The number of hydrogen-bond acceptors (Lipinski definition) is 5. The first-order chi connectivity index (χ1) is 9.42. The van der Waals surface area contributed by atoms with Crippen molar-refractivity contribution >= 4 is 0 Å². The summed E-state index contributed by atoms with van der Waals surface area (Å²) in [6.07, 6.45) is 1.17. The highest BCUT2D eigenvalue weighted by Crippen LogP contribution is 2.15. The summed E-state index contributed by atoms with van der Waals surface area (Å²) in [5.74, 6) is 1.37. The minimum absolute atomic E-state index is 0.670. The highest BCUT2D eigenvalue weighted by Gasteiger charge is 2.14. The summed E-state index contributed by atoms with van der Waals surface area (Å²) >= 11 is 0. The Hall–Kier alpha value is -1.72. The Bertz CT molecular complexity index is 503. The Morgan fingerprint density at radius 3 is 2.95 bits per heavy atom. The van der Waals surface area contributed by atoms with Crippen molar-refractivity contribution in [3.05, 3.63) is 36.2 Å². The second-order valence-corrected chi connectivity index (χ2v) is 4.76. The van der Waals surface area contributed by atoms with Crippen LogP contribution in [-0.4, -0.2) is 41.2 Å². The largest absolute Gasteiger partial charge is 0.338 e. The van der Waals surface area contributed by atoms with Gasteiger partial charge in [-0.2, -0.15) is 4.98 Å². The minimum Gasteiger partial charge on any atom is -0.338 e. The molecule has 2 aromatic rings. The van der Waals surface area contributed by atoms with Crippen molar-refractivity contribution in [3.8, 4) is 11.4 Å². The first-order valence-corrected chi connectivity index (χ1v) is 6.73. The molecule has 19 heavy (non-hydrogen) atoms. The maximum Gasteiger partial charge on any atom is 0.241 e. The molecule has 0 saturated carbocycles. The van der Waals surface area contributed by atoms with Crippen molar-refractivity contribution in [1.29, 1.82) is 0 Å². The van der Waals surface area contributed by atoms with E-state index in [2.05, 4.69) is 20.4 Å². The molecule has 1 aromatic carbocycles. The normalized spacial score (nSPS) is 17.3. The predicted molar refractivity (Wildman–Crippen MR) is 72.5 cm³/mol. The number of nitrogens with zero attached hydrogens (tertiary/aromatic N) is 3. The van der Waals surface area contributed by atoms with Crippen molar-refractivity contribution in [1.82, 2.24) is 20.4 Å². The first kappa shape index (κ1) is 12.3. The van der Waals surface area contributed by atoms with Crippen LogP contribution >= 0.6 is 0 Å². The van der Waals surface area contributed by atoms with Crippen molar-refractivity contribution in [2.75, 3.05) is 26.2 Å². The lowest BCUT2D eigenvalue weighted by Crippen LogP contribution is -2.27. The molecule has 2 heterocycles. The average Bonchev–Trinajstić information content (AvgIpc) is 2.76. The van der Waals surface area contributed by atoms with Gasteiger partial charge in [0.25, 0.3) is 0 Å². The quantitative estimate of drug-likeness (QED) is 0.905. The molecule has 0 aliphatic carbocycles. The van der Waals surface area contributed by atoms with Gasteiger partial charge in [-0.25, -0.2) is 0 Å². The molecular weight excluding hydrogens is 240 g/mol. The molecular formula is C14H18N4O. The van der Waals surface area contributed by atoms with E-state index in [4.69, 9.17) is 4.52 Å². The van der Waals surface area contributed by atoms with E-state index in [1.165, 1.54) is 6.42 Å². The molecule has 0 spiro atoms. The third-order valence-electron chi connectivity index (χ3n) is 3.29. The molecule has 0 atom stereocenters. The fourth-order valence-corrected chi connectivity index (χ4v) is 2.27. The van der Waals surface area contributed by atoms with Gasteiger partial charge in [0, 0.05) is 18.7 Å². The lowest BCUT2D eigenvalue weighted by atomic mass is 10.2. The smallest absolute Gasteiger partial charge is 0.241 e. The van der Waals surface area contributed by atoms with Gasteiger partial charge in [0.15, 0.2) is 0 Å². The van der Waals surface area contributed by atoms with Gasteiger partial charge in [-0.3, -0.25) is 4.90 Å². The van der Waals surface area contributed by atoms with Crippen LogP contribution in [0.4, 0.5) is 0 Å². The molecule has 100 valence electrons. The molecule has 1 aromatic heterocycles. The van der Waals surface area contributed by atoms with E-state index in [1.807, 2.05) is 30.3 Å². The summed E-state index contributed by atoms with van der Waals surface area (Å²) < 4.78 is 5.34. The van der Waals surface area contributed by atoms with E-state index >= 15 is 0 Å². The molecule has 0 amide bonds. The molecule has 5 heteroatoms. The third-order valence-corrected chi connectivity index (χ3v) is 3.29. The number of rotatable bonds is 3. The van der Waals surface area contributed by atoms with Crippen LogP contribution in [0.5, 0.6) is 0 Å². The molecule has 1 aliphatic rings. The second-order valence-electron chi connectivity index (χ2n) is 4.76. The molecule has 0 unspecified atom stereocenters. The molecule has 5 nitrogen and oxygen atoms in total. The standard InChI is InChI=1S/C14H18N4O/c1-2-5-12(6-3-1)14-16-13(19-17-14)11-18-9-4-7-15-8-10-18/h1-3,5-6,15H,4,7-11H2. The first-order valence-electron chi connectivity index (χ1n) is 6.73. The Balaban J connectivity index is 1.68. The summed E-state index contributed by atoms with van der Waals surface area (Å²) in [5, 5.41) is 7.43. The van der Waals surface area contributed by atoms with Crippen molar-refractivity contribution in [2.45, 2.75) is 13.0 Å². The molecule has 0 bridgehead atoms. The number of benzene rings is 1. The Labute approximate surface area is 112 Å². The van der Waals surface area contributed by atoms with Crippen LogP contribution in [0.2, 0.25) is 0 Å². The Morgan fingerprint density at radius 2 is 2.05 bits per heavy atom. The zero-order chi connectivity index (χ0) is 12.9. The summed E-state index contributed by atoms with van der Waals surface area (Å²) in [5.41, 5.74) is 0.995. The Morgan fingerprint density at radius 1 is 1.16 bits per heavy atom. The van der Waals surface area contributed by atoms with Crippen LogP contribution < -0.4 is 5.32 Å². The molecule has 1 saturated heterocycles. The number of nitrogens with one attached hydrogen (secondary N) is 1. The lowest BCUT2D eigenvalue weighted by Gasteiger charge is -2.16. The Kier molecular flexibility index (Phi) is 3.86. The molecule has 1 aliphatic heterocycles. The topological polar surface area (TPSA) is 54.2 Å². The maximum absolute atomic E-state index is 5.34. The van der Waals surface area contributed by atoms with Gasteiger partial charge in [-0.05, 0) is 19.5 Å². The van der Waals surface area contributed by atoms with Crippen LogP contribution in [0, 0.1) is 0 Å². The van der Waals surface area contributed by atoms with E-state index < -0.39 is 0 Å². The van der Waals surface area contributed by atoms with E-state index in [0.717, 1.165) is 38.3 Å². The molecule has 0 radical (unpaired) electrons. The monoisotopic (exact) mass is 258 g/mol. The molecule has 1 N–H and O–H groups in total. The second kappa shape index (κ2) is 5.95. The van der Waals surface area contributed by atoms with Gasteiger partial charge in [0.1, 0.15) is 0 Å². The van der Waals surface area contributed by atoms with Gasteiger partial charge >= 0.3 is 0 Å². The zero-order valence-corrected chi connectivity index (χ0v) is 10.9. The van der Waals surface area contributed by atoms with E-state index in [-0.39, 0.29) is 0 Å². The van der Waals surface area contributed by atoms with Crippen LogP contribution in [-0.2, 0) is 6.54 Å². The van der Waals surface area contributed by atoms with Crippen molar-refractivity contribution in [3.63, 3.8) is 0 Å². The SMILES string of the molecule is c1ccc(-c2noc(CN3CCCNCC3)n2)cc1. The number of aromatic nitrogens is 2. The van der Waals surface area contributed by atoms with Crippen molar-refractivity contribution in [2.24, 2.45) is 0 Å². The van der Waals surface area contributed by atoms with Gasteiger partial charge in [0.05, 0.1) is 6.54 Å². The minimum atomic E-state index is 0.670. The van der Waals surface area contributed by atoms with Gasteiger partial charge in [-0.15, -0.1) is 0 Å². The van der Waals surface area contributed by atoms with Crippen LogP contribution in [0.25, 0.3) is 11.4 Å². The van der Waals surface area contributed by atoms with Crippen LogP contribution in [0.15, 0.2) is 34.9 Å². The van der Waals surface area contributed by atoms with Gasteiger partial charge < -0.3 is 9.84 Å². The summed E-state index contributed by atoms with van der Waals surface area (Å²) in [7, 11) is 0. The summed E-state index contributed by atoms with van der Waals surface area (Å²) in [4.78, 5) is 6.81. The average molecular weight is 258 g/mol. The summed E-state index contributed by atoms with van der Waals surface area (Å²) in [6, 6.07) is 9.92. The molecule has 1 fully saturated rings. The van der Waals surface area contributed by atoms with E-state index in [9.17, 15) is 0 Å². The number of hydrogen-bond donors (Lipinski definition) is 1. The van der Waals surface area contributed by atoms with Crippen LogP contribution in [0.3, 0.4) is 0 Å². The van der Waals surface area contributed by atoms with Gasteiger partial charge in [-0.1, -0.05) is 35.5 Å². The third kappa shape index (κ3) is 3.19. The summed E-state index contributed by atoms with van der Waals surface area (Å²) in [6.45, 7) is 4.97. The van der Waals surface area contributed by atoms with Crippen LogP contribution in [0.1, 0.15) is 12.3 Å². The van der Waals surface area contributed by atoms with Crippen molar-refractivity contribution < 1.29 is 4.52 Å². The molecule has 3 rings (SSSR count). The lowest BCUT2D eigenvalue weighted by molar-refractivity contribution is 0.239. The van der Waals surface area contributed by atoms with E-state index in [1.54, 1.807) is 0 Å². The van der Waals surface area contributed by atoms with E-state index in [0.29, 0.717) is 11.7 Å².